The van der Waals surface area contributed by atoms with E-state index in [2.05, 4.69) is 4.42 Å². The molecule has 0 fully saturated rings. The molecule has 0 bridgehead atoms. The molecule has 10 heavy (non-hydrogen) atoms. The molecule has 1 heterocycles. The fraction of sp³-hybridized carbons (Fsp3) is 0.167. The van der Waals surface area contributed by atoms with Gasteiger partial charge in [-0.3, -0.25) is 4.79 Å². The average molecular weight is 144 g/mol. The second kappa shape index (κ2) is 6.00. The molecule has 1 aromatic rings. The molecule has 0 aliphatic rings. The molecule has 4 nitrogen and oxygen atoms in total. The lowest BCUT2D eigenvalue weighted by atomic mass is 10.5. The number of aliphatic hydroxyl groups excluding tert-OH is 1. The fourth-order valence-electron chi connectivity index (χ4n) is 0.358. The molecular weight excluding hydrogens is 136 g/mol. The minimum Gasteiger partial charge on any atom is -0.462 e. The summed E-state index contributed by atoms with van der Waals surface area (Å²) in [6.45, 7) is -0.750. The summed E-state index contributed by atoms with van der Waals surface area (Å²) in [5.74, 6) is 0.375. The van der Waals surface area contributed by atoms with Crippen LogP contribution in [0, 0.1) is 0 Å². The van der Waals surface area contributed by atoms with Crippen LogP contribution in [0.25, 0.3) is 0 Å². The van der Waals surface area contributed by atoms with Crippen molar-refractivity contribution in [1.82, 2.24) is 0 Å². The molecule has 0 unspecified atom stereocenters. The van der Waals surface area contributed by atoms with Crippen LogP contribution in [0.2, 0.25) is 0 Å². The Balaban J connectivity index is 0.000000236. The molecule has 56 valence electrons. The van der Waals surface area contributed by atoms with Crippen molar-refractivity contribution in [2.24, 2.45) is 0 Å². The van der Waals surface area contributed by atoms with Gasteiger partial charge in [-0.05, 0) is 12.1 Å². The first-order valence-electron chi connectivity index (χ1n) is 2.55. The molecule has 0 aliphatic carbocycles. The number of carbonyl (C=O) groups is 1. The molecule has 0 amide bonds. The molecular formula is C6H8O4. The summed E-state index contributed by atoms with van der Waals surface area (Å²) in [6, 6.07) is 3.27. The number of hydrogen-bond donors (Lipinski definition) is 2. The Kier molecular flexibility index (Phi) is 5.32. The summed E-state index contributed by atoms with van der Waals surface area (Å²) in [6.07, 6.45) is 2.13. The van der Waals surface area contributed by atoms with E-state index in [9.17, 15) is 4.79 Å². The molecule has 0 radical (unpaired) electrons. The van der Waals surface area contributed by atoms with Crippen LogP contribution >= 0.6 is 0 Å². The van der Waals surface area contributed by atoms with E-state index >= 15 is 0 Å². The predicted molar refractivity (Wildman–Crippen MR) is 33.4 cm³/mol. The van der Waals surface area contributed by atoms with E-state index in [1.807, 2.05) is 0 Å². The fourth-order valence-corrected chi connectivity index (χ4v) is 0.358. The van der Waals surface area contributed by atoms with E-state index in [1.54, 1.807) is 12.1 Å². The molecule has 0 aliphatic heterocycles. The number of carbonyl (C=O) groups excluding carboxylic acids is 1. The Labute approximate surface area is 57.7 Å². The molecule has 4 heteroatoms. The summed E-state index contributed by atoms with van der Waals surface area (Å²) in [5, 5.41) is 14.2. The van der Waals surface area contributed by atoms with Crippen LogP contribution in [0.3, 0.4) is 0 Å². The highest BCUT2D eigenvalue weighted by molar-refractivity contribution is 5.69. The number of aldehydes is 1. The van der Waals surface area contributed by atoms with Gasteiger partial charge in [0, 0.05) is 0 Å². The van der Waals surface area contributed by atoms with Gasteiger partial charge < -0.3 is 14.6 Å². The van der Waals surface area contributed by atoms with Gasteiger partial charge in [0.15, 0.2) is 12.0 Å². The van der Waals surface area contributed by atoms with E-state index in [-0.39, 0.29) is 0 Å². The van der Waals surface area contributed by atoms with Crippen LogP contribution in [-0.2, 0) is 0 Å². The number of rotatable bonds is 1. The molecule has 1 rings (SSSR count). The number of aliphatic hydroxyl groups is 2. The second-order valence-corrected chi connectivity index (χ2v) is 1.27. The highest BCUT2D eigenvalue weighted by Gasteiger charge is 1.84. The van der Waals surface area contributed by atoms with Crippen LogP contribution in [0.5, 0.6) is 0 Å². The Morgan fingerprint density at radius 3 is 2.40 bits per heavy atom. The van der Waals surface area contributed by atoms with Gasteiger partial charge in [0.1, 0.15) is 6.79 Å². The summed E-state index contributed by atoms with van der Waals surface area (Å²) >= 11 is 0. The van der Waals surface area contributed by atoms with Crippen molar-refractivity contribution in [3.63, 3.8) is 0 Å². The van der Waals surface area contributed by atoms with Gasteiger partial charge in [0.2, 0.25) is 0 Å². The van der Waals surface area contributed by atoms with E-state index in [4.69, 9.17) is 10.2 Å². The first-order chi connectivity index (χ1) is 4.85. The van der Waals surface area contributed by atoms with E-state index in [0.717, 1.165) is 0 Å². The van der Waals surface area contributed by atoms with Gasteiger partial charge >= 0.3 is 0 Å². The van der Waals surface area contributed by atoms with Gasteiger partial charge in [0.05, 0.1) is 6.26 Å². The first kappa shape index (κ1) is 8.87. The van der Waals surface area contributed by atoms with Crippen molar-refractivity contribution >= 4 is 6.29 Å². The van der Waals surface area contributed by atoms with Crippen molar-refractivity contribution < 1.29 is 19.4 Å². The Hall–Kier alpha value is -1.13. The summed E-state index contributed by atoms with van der Waals surface area (Å²) in [5.41, 5.74) is 0. The predicted octanol–water partition coefficient (Wildman–Crippen LogP) is 0.0206. The number of hydrogen-bond acceptors (Lipinski definition) is 4. The third-order valence-corrected chi connectivity index (χ3v) is 0.659. The highest BCUT2D eigenvalue weighted by atomic mass is 16.5. The lowest BCUT2D eigenvalue weighted by molar-refractivity contribution is 0.0773. The topological polar surface area (TPSA) is 70.7 Å². The number of furan rings is 1. The minimum absolute atomic E-state index is 0.375. The van der Waals surface area contributed by atoms with Gasteiger partial charge in [-0.1, -0.05) is 0 Å². The van der Waals surface area contributed by atoms with E-state index in [1.165, 1.54) is 6.26 Å². The monoisotopic (exact) mass is 144 g/mol. The maximum atomic E-state index is 9.77. The van der Waals surface area contributed by atoms with Crippen molar-refractivity contribution in [2.75, 3.05) is 6.79 Å². The maximum absolute atomic E-state index is 9.77. The minimum atomic E-state index is -0.750. The zero-order valence-corrected chi connectivity index (χ0v) is 5.23. The Morgan fingerprint density at radius 2 is 2.20 bits per heavy atom. The van der Waals surface area contributed by atoms with Crippen LogP contribution in [-0.4, -0.2) is 23.3 Å². The second-order valence-electron chi connectivity index (χ2n) is 1.27. The van der Waals surface area contributed by atoms with Crippen molar-refractivity contribution in [2.45, 2.75) is 0 Å². The molecule has 0 atom stereocenters. The van der Waals surface area contributed by atoms with Crippen LogP contribution < -0.4 is 0 Å². The van der Waals surface area contributed by atoms with Crippen molar-refractivity contribution in [1.29, 1.82) is 0 Å². The average Bonchev–Trinajstić information content (AvgIpc) is 2.39. The van der Waals surface area contributed by atoms with Crippen molar-refractivity contribution in [3.8, 4) is 0 Å². The Bertz CT molecular complexity index is 156. The molecule has 2 N–H and O–H groups in total. The SMILES string of the molecule is O=Cc1ccco1.OCO. The van der Waals surface area contributed by atoms with Gasteiger partial charge in [-0.2, -0.15) is 0 Å². The maximum Gasteiger partial charge on any atom is 0.185 e. The normalized spacial score (nSPS) is 7.80. The van der Waals surface area contributed by atoms with Gasteiger partial charge in [-0.15, -0.1) is 0 Å². The molecule has 0 saturated carbocycles. The van der Waals surface area contributed by atoms with Gasteiger partial charge in [-0.25, -0.2) is 0 Å². The third kappa shape index (κ3) is 3.82. The van der Waals surface area contributed by atoms with E-state index in [0.29, 0.717) is 12.0 Å². The molecule has 0 aromatic carbocycles. The molecule has 0 spiro atoms. The molecule has 1 aromatic heterocycles. The zero-order valence-electron chi connectivity index (χ0n) is 5.23. The largest absolute Gasteiger partial charge is 0.462 e. The summed E-state index contributed by atoms with van der Waals surface area (Å²) < 4.78 is 4.61. The quantitative estimate of drug-likeness (QED) is 0.430. The van der Waals surface area contributed by atoms with E-state index < -0.39 is 6.79 Å². The van der Waals surface area contributed by atoms with Gasteiger partial charge in [0.25, 0.3) is 0 Å². The summed E-state index contributed by atoms with van der Waals surface area (Å²) in [7, 11) is 0. The molecule has 0 saturated heterocycles. The van der Waals surface area contributed by atoms with Crippen LogP contribution in [0.4, 0.5) is 0 Å². The highest BCUT2D eigenvalue weighted by Crippen LogP contribution is 1.92. The third-order valence-electron chi connectivity index (χ3n) is 0.659. The Morgan fingerprint density at radius 1 is 1.60 bits per heavy atom. The standard InChI is InChI=1S/C5H4O2.CH4O2/c6-4-5-2-1-3-7-5;2-1-3/h1-4H;2-3H,1H2. The smallest absolute Gasteiger partial charge is 0.185 e. The lowest BCUT2D eigenvalue weighted by Crippen LogP contribution is -1.66. The van der Waals surface area contributed by atoms with Crippen LogP contribution in [0.1, 0.15) is 10.6 Å². The lowest BCUT2D eigenvalue weighted by Gasteiger charge is -1.68. The zero-order chi connectivity index (χ0) is 7.82. The first-order valence-corrected chi connectivity index (χ1v) is 2.55. The van der Waals surface area contributed by atoms with Crippen molar-refractivity contribution in [3.05, 3.63) is 24.2 Å². The summed E-state index contributed by atoms with van der Waals surface area (Å²) in [4.78, 5) is 9.77. The van der Waals surface area contributed by atoms with Crippen LogP contribution in [0.15, 0.2) is 22.8 Å².